The maximum atomic E-state index is 12.8. The average Bonchev–Trinajstić information content (AvgIpc) is 3.30. The summed E-state index contributed by atoms with van der Waals surface area (Å²) in [4.78, 5) is 25.5. The van der Waals surface area contributed by atoms with Crippen molar-refractivity contribution in [2.45, 2.75) is 284 Å². The monoisotopic (exact) mass is 895 g/mol. The van der Waals surface area contributed by atoms with Gasteiger partial charge in [-0.1, -0.05) is 242 Å². The molecule has 1 unspecified atom stereocenters. The van der Waals surface area contributed by atoms with Gasteiger partial charge >= 0.3 is 11.9 Å². The zero-order chi connectivity index (χ0) is 46.3. The molecule has 64 heavy (non-hydrogen) atoms. The van der Waals surface area contributed by atoms with Gasteiger partial charge in [0.1, 0.15) is 6.61 Å². The van der Waals surface area contributed by atoms with Gasteiger partial charge in [-0.25, -0.2) is 0 Å². The molecule has 0 saturated heterocycles. The molecule has 0 rings (SSSR count). The lowest BCUT2D eigenvalue weighted by Gasteiger charge is -2.18. The van der Waals surface area contributed by atoms with Crippen molar-refractivity contribution in [3.8, 4) is 0 Å². The summed E-state index contributed by atoms with van der Waals surface area (Å²) in [5, 5.41) is 0. The molecule has 0 radical (unpaired) electrons. The van der Waals surface area contributed by atoms with Gasteiger partial charge < -0.3 is 14.2 Å². The number of allylic oxidation sites excluding steroid dienone is 10. The first kappa shape index (κ1) is 61.6. The summed E-state index contributed by atoms with van der Waals surface area (Å²) >= 11 is 0. The summed E-state index contributed by atoms with van der Waals surface area (Å²) in [6.07, 6.45) is 69.5. The van der Waals surface area contributed by atoms with Crippen LogP contribution in [0.5, 0.6) is 0 Å². The third-order valence-electron chi connectivity index (χ3n) is 12.0. The minimum atomic E-state index is -0.556. The van der Waals surface area contributed by atoms with Crippen molar-refractivity contribution in [2.24, 2.45) is 0 Å². The third-order valence-corrected chi connectivity index (χ3v) is 12.0. The normalized spacial score (nSPS) is 12.6. The topological polar surface area (TPSA) is 61.8 Å². The highest BCUT2D eigenvalue weighted by Crippen LogP contribution is 2.16. The lowest BCUT2D eigenvalue weighted by Crippen LogP contribution is -2.30. The molecule has 0 saturated carbocycles. The second kappa shape index (κ2) is 54.9. The minimum absolute atomic E-state index is 0.0712. The first-order valence-corrected chi connectivity index (χ1v) is 27.8. The summed E-state index contributed by atoms with van der Waals surface area (Å²) in [5.74, 6) is -0.413. The van der Waals surface area contributed by atoms with E-state index in [9.17, 15) is 9.59 Å². The molecule has 0 aliphatic rings. The lowest BCUT2D eigenvalue weighted by molar-refractivity contribution is -0.163. The first-order valence-electron chi connectivity index (χ1n) is 27.8. The number of unbranched alkanes of at least 4 members (excludes halogenated alkanes) is 30. The fourth-order valence-corrected chi connectivity index (χ4v) is 7.91. The molecule has 1 atom stereocenters. The van der Waals surface area contributed by atoms with Crippen LogP contribution in [0.2, 0.25) is 0 Å². The van der Waals surface area contributed by atoms with Crippen LogP contribution in [-0.2, 0) is 23.8 Å². The van der Waals surface area contributed by atoms with Gasteiger partial charge in [0.2, 0.25) is 0 Å². The Labute approximate surface area is 398 Å². The fourth-order valence-electron chi connectivity index (χ4n) is 7.91. The summed E-state index contributed by atoms with van der Waals surface area (Å²) in [6, 6.07) is 0. The Hall–Kier alpha value is -2.40. The molecule has 0 spiro atoms. The van der Waals surface area contributed by atoms with Crippen molar-refractivity contribution in [3.05, 3.63) is 60.8 Å². The third kappa shape index (κ3) is 52.2. The molecule has 0 aliphatic heterocycles. The molecule has 0 fully saturated rings. The highest BCUT2D eigenvalue weighted by Gasteiger charge is 2.17. The van der Waals surface area contributed by atoms with E-state index in [4.69, 9.17) is 14.2 Å². The molecule has 0 heterocycles. The second-order valence-electron chi connectivity index (χ2n) is 18.5. The van der Waals surface area contributed by atoms with Crippen molar-refractivity contribution in [2.75, 3.05) is 19.8 Å². The number of hydrogen-bond donors (Lipinski definition) is 0. The Kier molecular flexibility index (Phi) is 52.9. The first-order chi connectivity index (χ1) is 31.6. The van der Waals surface area contributed by atoms with E-state index in [2.05, 4.69) is 81.5 Å². The van der Waals surface area contributed by atoms with Gasteiger partial charge in [0.15, 0.2) is 6.10 Å². The minimum Gasteiger partial charge on any atom is -0.462 e. The van der Waals surface area contributed by atoms with E-state index in [1.807, 2.05) is 0 Å². The molecule has 0 amide bonds. The fraction of sp³-hybridized carbons (Fsp3) is 0.797. The predicted molar refractivity (Wildman–Crippen MR) is 279 cm³/mol. The second-order valence-corrected chi connectivity index (χ2v) is 18.5. The molecule has 0 bridgehead atoms. The standard InChI is InChI=1S/C59H106O5/c1-4-7-10-13-16-19-22-25-28-30-32-34-37-40-43-46-49-52-58(60)63-56-57(55-62-54-51-48-45-42-39-36-33-29-26-23-20-17-14-11-8-5-2)64-59(61)53-50-47-44-41-38-35-31-27-24-21-18-15-12-9-6-3/h8,11,17,20,26-27,29,31,36,39,57H,4-7,9-10,12-16,18-19,21-25,28,30,32-35,37-38,40-56H2,1-3H3/b11-8-,20-17-,29-26-,31-27-,39-36-. The summed E-state index contributed by atoms with van der Waals surface area (Å²) in [7, 11) is 0. The van der Waals surface area contributed by atoms with Crippen molar-refractivity contribution in [1.29, 1.82) is 0 Å². The number of carbonyl (C=O) groups is 2. The number of rotatable bonds is 51. The number of esters is 2. The predicted octanol–water partition coefficient (Wildman–Crippen LogP) is 18.9. The van der Waals surface area contributed by atoms with Gasteiger partial charge in [0, 0.05) is 19.4 Å². The summed E-state index contributed by atoms with van der Waals surface area (Å²) in [5.41, 5.74) is 0. The van der Waals surface area contributed by atoms with Gasteiger partial charge in [-0.3, -0.25) is 9.59 Å². The lowest BCUT2D eigenvalue weighted by atomic mass is 10.0. The van der Waals surface area contributed by atoms with E-state index in [1.54, 1.807) is 0 Å². The SMILES string of the molecule is CC/C=C\C/C=C\C/C=C\C/C=C\CCCCCOCC(COC(=O)CCCCCCCCCCCCCCCCCCC)OC(=O)CCCCCCC/C=C\CCCCCCCC. The van der Waals surface area contributed by atoms with Gasteiger partial charge in [0.25, 0.3) is 0 Å². The highest BCUT2D eigenvalue weighted by atomic mass is 16.6. The van der Waals surface area contributed by atoms with Gasteiger partial charge in [0.05, 0.1) is 6.61 Å². The van der Waals surface area contributed by atoms with Crippen molar-refractivity contribution < 1.29 is 23.8 Å². The Morgan fingerprint density at radius 3 is 1.14 bits per heavy atom. The summed E-state index contributed by atoms with van der Waals surface area (Å²) < 4.78 is 17.4. The van der Waals surface area contributed by atoms with Crippen LogP contribution in [0.4, 0.5) is 0 Å². The van der Waals surface area contributed by atoms with E-state index < -0.39 is 6.10 Å². The Balaban J connectivity index is 4.31. The van der Waals surface area contributed by atoms with Gasteiger partial charge in [-0.15, -0.1) is 0 Å². The molecular weight excluding hydrogens is 789 g/mol. The van der Waals surface area contributed by atoms with Gasteiger partial charge in [-0.2, -0.15) is 0 Å². The van der Waals surface area contributed by atoms with Crippen LogP contribution >= 0.6 is 0 Å². The van der Waals surface area contributed by atoms with Gasteiger partial charge in [-0.05, 0) is 83.5 Å². The molecule has 0 aromatic carbocycles. The van der Waals surface area contributed by atoms with Crippen LogP contribution in [-0.4, -0.2) is 37.9 Å². The zero-order valence-electron chi connectivity index (χ0n) is 42.8. The largest absolute Gasteiger partial charge is 0.462 e. The average molecular weight is 895 g/mol. The summed E-state index contributed by atoms with van der Waals surface area (Å²) in [6.45, 7) is 7.67. The molecule has 5 heteroatoms. The Bertz CT molecular complexity index is 1100. The zero-order valence-corrected chi connectivity index (χ0v) is 42.8. The smallest absolute Gasteiger partial charge is 0.306 e. The molecule has 0 N–H and O–H groups in total. The van der Waals surface area contributed by atoms with Crippen LogP contribution < -0.4 is 0 Å². The van der Waals surface area contributed by atoms with Crippen LogP contribution in [0.15, 0.2) is 60.8 Å². The number of ether oxygens (including phenoxy) is 3. The van der Waals surface area contributed by atoms with Crippen LogP contribution in [0.1, 0.15) is 278 Å². The van der Waals surface area contributed by atoms with Crippen molar-refractivity contribution >= 4 is 11.9 Å². The molecule has 372 valence electrons. The Morgan fingerprint density at radius 1 is 0.359 bits per heavy atom. The van der Waals surface area contributed by atoms with E-state index in [-0.39, 0.29) is 25.2 Å². The molecule has 0 aromatic rings. The number of hydrogen-bond acceptors (Lipinski definition) is 5. The van der Waals surface area contributed by atoms with Crippen LogP contribution in [0.25, 0.3) is 0 Å². The highest BCUT2D eigenvalue weighted by molar-refractivity contribution is 5.70. The molecule has 5 nitrogen and oxygen atoms in total. The van der Waals surface area contributed by atoms with Crippen molar-refractivity contribution in [3.63, 3.8) is 0 Å². The molecule has 0 aliphatic carbocycles. The Morgan fingerprint density at radius 2 is 0.703 bits per heavy atom. The number of carbonyl (C=O) groups excluding carboxylic acids is 2. The van der Waals surface area contributed by atoms with Crippen molar-refractivity contribution in [1.82, 2.24) is 0 Å². The van der Waals surface area contributed by atoms with E-state index in [1.165, 1.54) is 154 Å². The quantitative estimate of drug-likeness (QED) is 0.0346. The van der Waals surface area contributed by atoms with E-state index in [0.717, 1.165) is 89.9 Å². The molecular formula is C59H106O5. The maximum Gasteiger partial charge on any atom is 0.306 e. The van der Waals surface area contributed by atoms with E-state index >= 15 is 0 Å². The van der Waals surface area contributed by atoms with Crippen LogP contribution in [0, 0.1) is 0 Å². The van der Waals surface area contributed by atoms with E-state index in [0.29, 0.717) is 19.4 Å². The molecule has 0 aromatic heterocycles. The van der Waals surface area contributed by atoms with Crippen LogP contribution in [0.3, 0.4) is 0 Å². The maximum absolute atomic E-state index is 12.8.